The van der Waals surface area contributed by atoms with Crippen LogP contribution in [0.15, 0.2) is 0 Å². The van der Waals surface area contributed by atoms with Gasteiger partial charge in [-0.3, -0.25) is 0 Å². The fourth-order valence-corrected chi connectivity index (χ4v) is 0.618. The Morgan fingerprint density at radius 1 is 1.62 bits per heavy atom. The smallest absolute Gasteiger partial charge is 0.0467 e. The van der Waals surface area contributed by atoms with E-state index in [1.165, 1.54) is 0 Å². The molecule has 0 aromatic heterocycles. The molecule has 2 heteroatoms. The second-order valence-electron chi connectivity index (χ2n) is 2.14. The van der Waals surface area contributed by atoms with E-state index >= 15 is 0 Å². The Hall–Kier alpha value is 0.310. The summed E-state index contributed by atoms with van der Waals surface area (Å²) in [4.78, 5) is 0. The number of rotatable bonds is 3. The number of thiol groups is 1. The summed E-state index contributed by atoms with van der Waals surface area (Å²) in [6, 6.07) is 0. The van der Waals surface area contributed by atoms with Gasteiger partial charge in [0.25, 0.3) is 0 Å². The molecule has 0 rings (SSSR count). The molecular weight excluding hydrogens is 120 g/mol. The summed E-state index contributed by atoms with van der Waals surface area (Å²) in [6.45, 7) is 4.33. The second kappa shape index (κ2) is 4.21. The summed E-state index contributed by atoms with van der Waals surface area (Å²) in [6.07, 6.45) is 1.03. The monoisotopic (exact) mass is 134 g/mol. The Morgan fingerprint density at radius 3 is 2.25 bits per heavy atom. The van der Waals surface area contributed by atoms with E-state index in [2.05, 4.69) is 19.6 Å². The molecule has 50 valence electrons. The molecule has 1 N–H and O–H groups in total. The summed E-state index contributed by atoms with van der Waals surface area (Å²) in [5.41, 5.74) is 0. The van der Waals surface area contributed by atoms with Crippen LogP contribution >= 0.6 is 12.6 Å². The molecule has 0 aromatic rings. The first-order chi connectivity index (χ1) is 3.72. The second-order valence-corrected chi connectivity index (χ2v) is 2.80. The fourth-order valence-electron chi connectivity index (χ4n) is 0.524. The molecule has 0 saturated heterocycles. The molecule has 0 spiro atoms. The summed E-state index contributed by atoms with van der Waals surface area (Å²) in [7, 11) is 0. The average molecular weight is 134 g/mol. The first-order valence-corrected chi connectivity index (χ1v) is 3.53. The van der Waals surface area contributed by atoms with Crippen molar-refractivity contribution in [2.24, 2.45) is 5.92 Å². The van der Waals surface area contributed by atoms with Gasteiger partial charge in [-0.15, -0.1) is 0 Å². The van der Waals surface area contributed by atoms with Crippen LogP contribution < -0.4 is 0 Å². The molecule has 1 nitrogen and oxygen atoms in total. The highest BCUT2D eigenvalue weighted by molar-refractivity contribution is 7.81. The predicted octanol–water partition coefficient (Wildman–Crippen LogP) is 1.32. The Morgan fingerprint density at radius 2 is 2.12 bits per heavy atom. The van der Waals surface area contributed by atoms with Gasteiger partial charge < -0.3 is 5.11 Å². The van der Waals surface area contributed by atoms with Crippen LogP contribution in [-0.4, -0.2) is 17.0 Å². The first-order valence-electron chi connectivity index (χ1n) is 3.01. The number of aliphatic hydroxyl groups excluding tert-OH is 1. The van der Waals surface area contributed by atoms with Gasteiger partial charge in [-0.2, -0.15) is 12.6 Å². The van der Waals surface area contributed by atoms with Gasteiger partial charge in [0.1, 0.15) is 0 Å². The first kappa shape index (κ1) is 8.31. The molecule has 0 amide bonds. The lowest BCUT2D eigenvalue weighted by atomic mass is 10.1. The van der Waals surface area contributed by atoms with E-state index in [1.807, 2.05) is 6.92 Å². The van der Waals surface area contributed by atoms with Crippen LogP contribution in [0, 0.1) is 5.92 Å². The van der Waals surface area contributed by atoms with Gasteiger partial charge in [-0.05, 0) is 12.3 Å². The topological polar surface area (TPSA) is 20.2 Å². The number of hydrogen-bond acceptors (Lipinski definition) is 2. The van der Waals surface area contributed by atoms with Gasteiger partial charge >= 0.3 is 0 Å². The Balaban J connectivity index is 3.29. The largest absolute Gasteiger partial charge is 0.396 e. The molecule has 0 unspecified atom stereocenters. The van der Waals surface area contributed by atoms with Crippen molar-refractivity contribution in [1.29, 1.82) is 0 Å². The van der Waals surface area contributed by atoms with Crippen molar-refractivity contribution in [2.75, 3.05) is 6.61 Å². The maximum Gasteiger partial charge on any atom is 0.0467 e. The van der Waals surface area contributed by atoms with Gasteiger partial charge in [0, 0.05) is 11.9 Å². The minimum absolute atomic E-state index is 0.252. The van der Waals surface area contributed by atoms with E-state index in [0.717, 1.165) is 6.42 Å². The van der Waals surface area contributed by atoms with Crippen LogP contribution in [0.3, 0.4) is 0 Å². The number of aliphatic hydroxyl groups is 1. The van der Waals surface area contributed by atoms with Gasteiger partial charge in [0.15, 0.2) is 0 Å². The third-order valence-corrected chi connectivity index (χ3v) is 2.24. The normalized spacial score (nSPS) is 18.0. The minimum atomic E-state index is 0.252. The van der Waals surface area contributed by atoms with Crippen LogP contribution in [-0.2, 0) is 0 Å². The maximum atomic E-state index is 8.59. The van der Waals surface area contributed by atoms with Crippen molar-refractivity contribution in [3.63, 3.8) is 0 Å². The highest BCUT2D eigenvalue weighted by atomic mass is 32.1. The van der Waals surface area contributed by atoms with E-state index in [1.54, 1.807) is 0 Å². The molecular formula is C6H14OS. The lowest BCUT2D eigenvalue weighted by Crippen LogP contribution is -2.13. The molecule has 2 atom stereocenters. The van der Waals surface area contributed by atoms with Crippen LogP contribution in [0.2, 0.25) is 0 Å². The summed E-state index contributed by atoms with van der Waals surface area (Å²) in [5, 5.41) is 8.95. The third kappa shape index (κ3) is 2.58. The van der Waals surface area contributed by atoms with E-state index in [4.69, 9.17) is 5.11 Å². The van der Waals surface area contributed by atoms with Crippen molar-refractivity contribution < 1.29 is 5.11 Å². The molecule has 0 aliphatic rings. The Kier molecular flexibility index (Phi) is 4.38. The molecule has 8 heavy (non-hydrogen) atoms. The van der Waals surface area contributed by atoms with Crippen molar-refractivity contribution in [2.45, 2.75) is 25.5 Å². The highest BCUT2D eigenvalue weighted by Gasteiger charge is 2.07. The highest BCUT2D eigenvalue weighted by Crippen LogP contribution is 2.11. The molecule has 0 aliphatic heterocycles. The number of hydrogen-bond donors (Lipinski definition) is 2. The zero-order valence-corrected chi connectivity index (χ0v) is 6.36. The Bertz CT molecular complexity index is 48.5. The molecule has 0 aromatic carbocycles. The van der Waals surface area contributed by atoms with Gasteiger partial charge in [0.05, 0.1) is 0 Å². The van der Waals surface area contributed by atoms with E-state index < -0.39 is 0 Å². The van der Waals surface area contributed by atoms with E-state index in [0.29, 0.717) is 11.2 Å². The van der Waals surface area contributed by atoms with Crippen molar-refractivity contribution in [3.8, 4) is 0 Å². The lowest BCUT2D eigenvalue weighted by Gasteiger charge is -2.13. The molecule has 0 saturated carbocycles. The molecule has 0 radical (unpaired) electrons. The van der Waals surface area contributed by atoms with Crippen molar-refractivity contribution in [1.82, 2.24) is 0 Å². The van der Waals surface area contributed by atoms with Crippen molar-refractivity contribution in [3.05, 3.63) is 0 Å². The average Bonchev–Trinajstić information content (AvgIpc) is 1.84. The van der Waals surface area contributed by atoms with Crippen LogP contribution in [0.25, 0.3) is 0 Å². The predicted molar refractivity (Wildman–Crippen MR) is 39.3 cm³/mol. The van der Waals surface area contributed by atoms with E-state index in [9.17, 15) is 0 Å². The SMILES string of the molecule is CC[C@H](S)[C@@H](C)CO. The zero-order chi connectivity index (χ0) is 6.57. The zero-order valence-electron chi connectivity index (χ0n) is 5.46. The third-order valence-electron chi connectivity index (χ3n) is 1.36. The molecule has 0 fully saturated rings. The summed E-state index contributed by atoms with van der Waals surface area (Å²) < 4.78 is 0. The molecule has 0 bridgehead atoms. The van der Waals surface area contributed by atoms with Gasteiger partial charge in [-0.25, -0.2) is 0 Å². The fraction of sp³-hybridized carbons (Fsp3) is 1.00. The van der Waals surface area contributed by atoms with Gasteiger partial charge in [0.2, 0.25) is 0 Å². The Labute approximate surface area is 56.5 Å². The molecule has 0 heterocycles. The quantitative estimate of drug-likeness (QED) is 0.558. The van der Waals surface area contributed by atoms with Crippen LogP contribution in [0.5, 0.6) is 0 Å². The van der Waals surface area contributed by atoms with Crippen LogP contribution in [0.1, 0.15) is 20.3 Å². The van der Waals surface area contributed by atoms with Gasteiger partial charge in [-0.1, -0.05) is 13.8 Å². The summed E-state index contributed by atoms with van der Waals surface area (Å²) in [5.74, 6) is 0.336. The minimum Gasteiger partial charge on any atom is -0.396 e. The standard InChI is InChI=1S/C6H14OS/c1-3-6(8)5(2)4-7/h5-8H,3-4H2,1-2H3/t5-,6-/m0/s1. The van der Waals surface area contributed by atoms with Crippen LogP contribution in [0.4, 0.5) is 0 Å². The lowest BCUT2D eigenvalue weighted by molar-refractivity contribution is 0.234. The van der Waals surface area contributed by atoms with E-state index in [-0.39, 0.29) is 6.61 Å². The maximum absolute atomic E-state index is 8.59. The summed E-state index contributed by atoms with van der Waals surface area (Å²) >= 11 is 4.24. The molecule has 0 aliphatic carbocycles. The van der Waals surface area contributed by atoms with Crippen molar-refractivity contribution >= 4 is 12.6 Å².